The van der Waals surface area contributed by atoms with Gasteiger partial charge in [0.2, 0.25) is 0 Å². The molecule has 1 aliphatic heterocycles. The van der Waals surface area contributed by atoms with E-state index in [-0.39, 0.29) is 6.04 Å². The molecular weight excluding hydrogens is 246 g/mol. The number of hydrogen-bond acceptors (Lipinski definition) is 3. The van der Waals surface area contributed by atoms with Crippen molar-refractivity contribution in [1.29, 1.82) is 0 Å². The molecule has 1 aliphatic rings. The van der Waals surface area contributed by atoms with Crippen molar-refractivity contribution < 1.29 is 8.95 Å². The standard InChI is InChI=1S/C14H21NO2S/c1-10-3-4-14(11(2)7-10)18(16)9-13(15)12-5-6-17-8-12/h3-4,7,12-13H,5-6,8-9,15H2,1-2H3. The molecule has 0 radical (unpaired) electrons. The topological polar surface area (TPSA) is 52.3 Å². The molecule has 4 heteroatoms. The van der Waals surface area contributed by atoms with Crippen LogP contribution in [0.15, 0.2) is 23.1 Å². The molecule has 1 aromatic carbocycles. The number of aryl methyl sites for hydroxylation is 2. The Labute approximate surface area is 111 Å². The van der Waals surface area contributed by atoms with Crippen molar-refractivity contribution >= 4 is 10.8 Å². The Morgan fingerprint density at radius 2 is 2.28 bits per heavy atom. The predicted octanol–water partition coefficient (Wildman–Crippen LogP) is 1.77. The summed E-state index contributed by atoms with van der Waals surface area (Å²) in [6, 6.07) is 5.99. The molecule has 100 valence electrons. The maximum Gasteiger partial charge on any atom is 0.0548 e. The maximum atomic E-state index is 12.3. The van der Waals surface area contributed by atoms with Crippen molar-refractivity contribution in [2.24, 2.45) is 11.7 Å². The van der Waals surface area contributed by atoms with E-state index in [0.29, 0.717) is 18.3 Å². The van der Waals surface area contributed by atoms with Gasteiger partial charge in [0.25, 0.3) is 0 Å². The molecule has 3 unspecified atom stereocenters. The molecule has 3 atom stereocenters. The van der Waals surface area contributed by atoms with Gasteiger partial charge in [-0.2, -0.15) is 0 Å². The average Bonchev–Trinajstić information content (AvgIpc) is 2.81. The summed E-state index contributed by atoms with van der Waals surface area (Å²) in [4.78, 5) is 0.912. The lowest BCUT2D eigenvalue weighted by Crippen LogP contribution is -2.35. The van der Waals surface area contributed by atoms with Gasteiger partial charge < -0.3 is 10.5 Å². The van der Waals surface area contributed by atoms with Crippen LogP contribution in [0.1, 0.15) is 17.5 Å². The van der Waals surface area contributed by atoms with Gasteiger partial charge in [-0.05, 0) is 31.9 Å². The Bertz CT molecular complexity index is 441. The number of rotatable bonds is 4. The fourth-order valence-corrected chi connectivity index (χ4v) is 3.79. The van der Waals surface area contributed by atoms with Crippen LogP contribution in [0.3, 0.4) is 0 Å². The van der Waals surface area contributed by atoms with Gasteiger partial charge >= 0.3 is 0 Å². The highest BCUT2D eigenvalue weighted by Gasteiger charge is 2.24. The minimum atomic E-state index is -1.01. The molecule has 0 amide bonds. The van der Waals surface area contributed by atoms with Crippen molar-refractivity contribution in [2.45, 2.75) is 31.2 Å². The summed E-state index contributed by atoms with van der Waals surface area (Å²) >= 11 is 0. The number of nitrogens with two attached hydrogens (primary N) is 1. The van der Waals surface area contributed by atoms with Crippen LogP contribution in [0.25, 0.3) is 0 Å². The van der Waals surface area contributed by atoms with Crippen molar-refractivity contribution in [1.82, 2.24) is 0 Å². The highest BCUT2D eigenvalue weighted by atomic mass is 32.2. The minimum absolute atomic E-state index is 0.0333. The van der Waals surface area contributed by atoms with Gasteiger partial charge in [-0.15, -0.1) is 0 Å². The number of hydrogen-bond donors (Lipinski definition) is 1. The van der Waals surface area contributed by atoms with E-state index in [1.807, 2.05) is 26.0 Å². The normalized spacial score (nSPS) is 22.9. The first kappa shape index (κ1) is 13.7. The van der Waals surface area contributed by atoms with Crippen molar-refractivity contribution in [3.63, 3.8) is 0 Å². The molecule has 0 saturated carbocycles. The fourth-order valence-electron chi connectivity index (χ4n) is 2.35. The largest absolute Gasteiger partial charge is 0.381 e. The molecule has 0 aliphatic carbocycles. The van der Waals surface area contributed by atoms with E-state index in [0.717, 1.165) is 23.5 Å². The summed E-state index contributed by atoms with van der Waals surface area (Å²) in [5.41, 5.74) is 8.41. The van der Waals surface area contributed by atoms with E-state index in [1.54, 1.807) is 0 Å². The molecule has 1 aromatic rings. The smallest absolute Gasteiger partial charge is 0.0548 e. The van der Waals surface area contributed by atoms with Crippen LogP contribution in [0.4, 0.5) is 0 Å². The minimum Gasteiger partial charge on any atom is -0.381 e. The molecule has 0 aromatic heterocycles. The summed E-state index contributed by atoms with van der Waals surface area (Å²) in [5, 5.41) is 0. The lowest BCUT2D eigenvalue weighted by molar-refractivity contribution is 0.182. The molecular formula is C14H21NO2S. The second-order valence-corrected chi connectivity index (χ2v) is 6.53. The van der Waals surface area contributed by atoms with Crippen LogP contribution < -0.4 is 5.73 Å². The molecule has 1 saturated heterocycles. The summed E-state index contributed by atoms with van der Waals surface area (Å²) in [6.45, 7) is 5.55. The first-order chi connectivity index (χ1) is 8.58. The lowest BCUT2D eigenvalue weighted by atomic mass is 10.0. The molecule has 0 spiro atoms. The van der Waals surface area contributed by atoms with Crippen LogP contribution in [0, 0.1) is 19.8 Å². The van der Waals surface area contributed by atoms with Gasteiger partial charge in [-0.25, -0.2) is 0 Å². The van der Waals surface area contributed by atoms with Crippen LogP contribution >= 0.6 is 0 Å². The fraction of sp³-hybridized carbons (Fsp3) is 0.571. The monoisotopic (exact) mass is 267 g/mol. The van der Waals surface area contributed by atoms with Gasteiger partial charge in [0, 0.05) is 29.2 Å². The molecule has 2 N–H and O–H groups in total. The van der Waals surface area contributed by atoms with Crippen molar-refractivity contribution in [2.75, 3.05) is 19.0 Å². The SMILES string of the molecule is Cc1ccc(S(=O)CC(N)C2CCOC2)c(C)c1. The first-order valence-electron chi connectivity index (χ1n) is 6.37. The van der Waals surface area contributed by atoms with Gasteiger partial charge in [-0.3, -0.25) is 4.21 Å². The molecule has 1 fully saturated rings. The summed E-state index contributed by atoms with van der Waals surface area (Å²) < 4.78 is 17.7. The summed E-state index contributed by atoms with van der Waals surface area (Å²) in [7, 11) is -1.01. The van der Waals surface area contributed by atoms with Gasteiger partial charge in [0.15, 0.2) is 0 Å². The Kier molecular flexibility index (Phi) is 4.54. The quantitative estimate of drug-likeness (QED) is 0.904. The predicted molar refractivity (Wildman–Crippen MR) is 74.1 cm³/mol. The Morgan fingerprint density at radius 3 is 2.89 bits per heavy atom. The van der Waals surface area contributed by atoms with E-state index < -0.39 is 10.8 Å². The van der Waals surface area contributed by atoms with E-state index in [4.69, 9.17) is 10.5 Å². The lowest BCUT2D eigenvalue weighted by Gasteiger charge is -2.17. The molecule has 3 nitrogen and oxygen atoms in total. The molecule has 0 bridgehead atoms. The zero-order valence-corrected chi connectivity index (χ0v) is 11.8. The van der Waals surface area contributed by atoms with E-state index in [2.05, 4.69) is 6.07 Å². The Hall–Kier alpha value is -0.710. The van der Waals surface area contributed by atoms with Gasteiger partial charge in [0.05, 0.1) is 17.4 Å². The first-order valence-corrected chi connectivity index (χ1v) is 7.69. The highest BCUT2D eigenvalue weighted by Crippen LogP contribution is 2.20. The van der Waals surface area contributed by atoms with Crippen molar-refractivity contribution in [3.8, 4) is 0 Å². The van der Waals surface area contributed by atoms with E-state index in [1.165, 1.54) is 5.56 Å². The van der Waals surface area contributed by atoms with Crippen LogP contribution in [0.2, 0.25) is 0 Å². The van der Waals surface area contributed by atoms with Crippen LogP contribution in [0.5, 0.6) is 0 Å². The molecule has 1 heterocycles. The van der Waals surface area contributed by atoms with E-state index in [9.17, 15) is 4.21 Å². The van der Waals surface area contributed by atoms with Crippen LogP contribution in [-0.4, -0.2) is 29.2 Å². The van der Waals surface area contributed by atoms with Crippen molar-refractivity contribution in [3.05, 3.63) is 29.3 Å². The molecule has 2 rings (SSSR count). The maximum absolute atomic E-state index is 12.3. The molecule has 18 heavy (non-hydrogen) atoms. The number of ether oxygens (including phenoxy) is 1. The second-order valence-electron chi connectivity index (χ2n) is 5.07. The third-order valence-corrected chi connectivity index (χ3v) is 5.13. The Balaban J connectivity index is 2.02. The second kappa shape index (κ2) is 5.95. The third-order valence-electron chi connectivity index (χ3n) is 3.49. The third kappa shape index (κ3) is 3.19. The van der Waals surface area contributed by atoms with E-state index >= 15 is 0 Å². The zero-order chi connectivity index (χ0) is 13.1. The van der Waals surface area contributed by atoms with Crippen LogP contribution in [-0.2, 0) is 15.5 Å². The summed E-state index contributed by atoms with van der Waals surface area (Å²) in [5.74, 6) is 0.887. The summed E-state index contributed by atoms with van der Waals surface area (Å²) in [6.07, 6.45) is 0.991. The number of benzene rings is 1. The highest BCUT2D eigenvalue weighted by molar-refractivity contribution is 7.85. The zero-order valence-electron chi connectivity index (χ0n) is 11.0. The Morgan fingerprint density at radius 1 is 1.50 bits per heavy atom. The average molecular weight is 267 g/mol. The van der Waals surface area contributed by atoms with Gasteiger partial charge in [-0.1, -0.05) is 17.7 Å². The van der Waals surface area contributed by atoms with Gasteiger partial charge in [0.1, 0.15) is 0 Å².